The van der Waals surface area contributed by atoms with Crippen molar-refractivity contribution >= 4 is 23.2 Å². The quantitative estimate of drug-likeness (QED) is 0.746. The molecule has 1 fully saturated rings. The third-order valence-electron chi connectivity index (χ3n) is 4.64. The van der Waals surface area contributed by atoms with Crippen LogP contribution in [0.15, 0.2) is 41.8 Å². The molecule has 1 aliphatic rings. The van der Waals surface area contributed by atoms with Gasteiger partial charge in [0.2, 0.25) is 5.91 Å². The lowest BCUT2D eigenvalue weighted by molar-refractivity contribution is -0.135. The van der Waals surface area contributed by atoms with E-state index in [9.17, 15) is 9.59 Å². The Morgan fingerprint density at radius 1 is 1.07 bits per heavy atom. The van der Waals surface area contributed by atoms with Crippen LogP contribution < -0.4 is 10.5 Å². The minimum atomic E-state index is -0.367. The minimum Gasteiger partial charge on any atom is -0.484 e. The zero-order chi connectivity index (χ0) is 19.1. The first kappa shape index (κ1) is 19.4. The predicted octanol–water partition coefficient (Wildman–Crippen LogP) is 1.54. The van der Waals surface area contributed by atoms with Crippen LogP contribution >= 0.6 is 11.3 Å². The Bertz CT molecular complexity index is 738. The van der Waals surface area contributed by atoms with Crippen molar-refractivity contribution < 1.29 is 14.3 Å². The number of ether oxygens (including phenoxy) is 1. The van der Waals surface area contributed by atoms with E-state index in [1.807, 2.05) is 4.90 Å². The van der Waals surface area contributed by atoms with Crippen molar-refractivity contribution in [2.75, 3.05) is 39.3 Å². The SMILES string of the molecule is NC(=O)Cc1ccc(OCC(=O)N2CCN(CCc3cccs3)CC2)cc1. The van der Waals surface area contributed by atoms with Crippen LogP contribution in [0.3, 0.4) is 0 Å². The summed E-state index contributed by atoms with van der Waals surface area (Å²) in [5, 5.41) is 2.11. The first-order valence-electron chi connectivity index (χ1n) is 9.13. The fraction of sp³-hybridized carbons (Fsp3) is 0.400. The van der Waals surface area contributed by atoms with E-state index in [1.165, 1.54) is 4.88 Å². The number of amides is 2. The molecule has 0 spiro atoms. The van der Waals surface area contributed by atoms with Gasteiger partial charge in [-0.3, -0.25) is 14.5 Å². The van der Waals surface area contributed by atoms with E-state index in [0.29, 0.717) is 5.75 Å². The highest BCUT2D eigenvalue weighted by atomic mass is 32.1. The highest BCUT2D eigenvalue weighted by Crippen LogP contribution is 2.14. The largest absolute Gasteiger partial charge is 0.484 e. The van der Waals surface area contributed by atoms with Crippen LogP contribution in [0.1, 0.15) is 10.4 Å². The average Bonchev–Trinajstić information content (AvgIpc) is 3.19. The molecule has 0 bridgehead atoms. The van der Waals surface area contributed by atoms with Gasteiger partial charge in [-0.25, -0.2) is 0 Å². The van der Waals surface area contributed by atoms with E-state index >= 15 is 0 Å². The number of hydrogen-bond donors (Lipinski definition) is 1. The number of carbonyl (C=O) groups excluding carboxylic acids is 2. The van der Waals surface area contributed by atoms with Gasteiger partial charge in [0.1, 0.15) is 5.75 Å². The van der Waals surface area contributed by atoms with Gasteiger partial charge in [0.25, 0.3) is 5.91 Å². The number of thiophene rings is 1. The van der Waals surface area contributed by atoms with Gasteiger partial charge in [0, 0.05) is 37.6 Å². The maximum Gasteiger partial charge on any atom is 0.260 e. The summed E-state index contributed by atoms with van der Waals surface area (Å²) in [5.41, 5.74) is 6.01. The summed E-state index contributed by atoms with van der Waals surface area (Å²) in [6.07, 6.45) is 1.27. The third kappa shape index (κ3) is 6.08. The molecule has 0 unspecified atom stereocenters. The highest BCUT2D eigenvalue weighted by Gasteiger charge is 2.21. The Labute approximate surface area is 163 Å². The Hall–Kier alpha value is -2.38. The van der Waals surface area contributed by atoms with Gasteiger partial charge in [-0.05, 0) is 35.6 Å². The van der Waals surface area contributed by atoms with Gasteiger partial charge in [-0.2, -0.15) is 0 Å². The Balaban J connectivity index is 1.37. The van der Waals surface area contributed by atoms with E-state index < -0.39 is 0 Å². The summed E-state index contributed by atoms with van der Waals surface area (Å²) >= 11 is 1.79. The fourth-order valence-electron chi connectivity index (χ4n) is 3.09. The number of rotatable bonds is 8. The molecule has 2 amide bonds. The first-order valence-corrected chi connectivity index (χ1v) is 10.0. The summed E-state index contributed by atoms with van der Waals surface area (Å²) in [7, 11) is 0. The van der Waals surface area contributed by atoms with E-state index in [-0.39, 0.29) is 24.8 Å². The monoisotopic (exact) mass is 387 g/mol. The molecule has 0 aliphatic carbocycles. The lowest BCUT2D eigenvalue weighted by Crippen LogP contribution is -2.50. The van der Waals surface area contributed by atoms with Crippen molar-refractivity contribution in [1.82, 2.24) is 9.80 Å². The van der Waals surface area contributed by atoms with Gasteiger partial charge in [0.15, 0.2) is 6.61 Å². The molecule has 7 heteroatoms. The molecule has 3 rings (SSSR count). The molecule has 6 nitrogen and oxygen atoms in total. The number of primary amides is 1. The molecule has 1 saturated heterocycles. The van der Waals surface area contributed by atoms with Crippen molar-refractivity contribution in [2.45, 2.75) is 12.8 Å². The molecule has 27 heavy (non-hydrogen) atoms. The number of carbonyl (C=O) groups is 2. The zero-order valence-corrected chi connectivity index (χ0v) is 16.1. The van der Waals surface area contributed by atoms with E-state index in [0.717, 1.165) is 44.7 Å². The van der Waals surface area contributed by atoms with Crippen molar-refractivity contribution in [3.63, 3.8) is 0 Å². The summed E-state index contributed by atoms with van der Waals surface area (Å²) < 4.78 is 5.58. The van der Waals surface area contributed by atoms with Gasteiger partial charge in [-0.15, -0.1) is 11.3 Å². The molecule has 2 heterocycles. The minimum absolute atomic E-state index is 0.00844. The summed E-state index contributed by atoms with van der Waals surface area (Å²) in [6.45, 7) is 4.35. The van der Waals surface area contributed by atoms with E-state index in [1.54, 1.807) is 35.6 Å². The molecule has 0 atom stereocenters. The molecule has 2 N–H and O–H groups in total. The molecule has 0 saturated carbocycles. The number of benzene rings is 1. The standard InChI is InChI=1S/C20H25N3O3S/c21-19(24)14-16-3-5-17(6-4-16)26-15-20(25)23-11-9-22(10-12-23)8-7-18-2-1-13-27-18/h1-6,13H,7-12,14-15H2,(H2,21,24). The molecule has 0 radical (unpaired) electrons. The van der Waals surface area contributed by atoms with Gasteiger partial charge >= 0.3 is 0 Å². The first-order chi connectivity index (χ1) is 13.1. The molecule has 1 aromatic heterocycles. The van der Waals surface area contributed by atoms with Crippen LogP contribution in [-0.4, -0.2) is 60.9 Å². The normalized spacial score (nSPS) is 14.9. The molecular weight excluding hydrogens is 362 g/mol. The van der Waals surface area contributed by atoms with Crippen LogP contribution in [0, 0.1) is 0 Å². The summed E-state index contributed by atoms with van der Waals surface area (Å²) in [6, 6.07) is 11.3. The molecule has 144 valence electrons. The highest BCUT2D eigenvalue weighted by molar-refractivity contribution is 7.09. The second kappa shape index (κ2) is 9.53. The Morgan fingerprint density at radius 3 is 2.44 bits per heavy atom. The molecule has 1 aliphatic heterocycles. The molecule has 2 aromatic rings. The summed E-state index contributed by atoms with van der Waals surface area (Å²) in [4.78, 5) is 28.9. The Morgan fingerprint density at radius 2 is 1.81 bits per heavy atom. The fourth-order valence-corrected chi connectivity index (χ4v) is 3.78. The van der Waals surface area contributed by atoms with Gasteiger partial charge < -0.3 is 15.4 Å². The van der Waals surface area contributed by atoms with E-state index in [4.69, 9.17) is 10.5 Å². The van der Waals surface area contributed by atoms with Crippen LogP contribution in [0.5, 0.6) is 5.75 Å². The topological polar surface area (TPSA) is 75.9 Å². The van der Waals surface area contributed by atoms with Crippen LogP contribution in [-0.2, 0) is 22.4 Å². The van der Waals surface area contributed by atoms with Crippen molar-refractivity contribution in [1.29, 1.82) is 0 Å². The average molecular weight is 388 g/mol. The molecular formula is C20H25N3O3S. The second-order valence-corrected chi connectivity index (χ2v) is 7.66. The van der Waals surface area contributed by atoms with Crippen molar-refractivity contribution in [3.05, 3.63) is 52.2 Å². The van der Waals surface area contributed by atoms with E-state index in [2.05, 4.69) is 22.4 Å². The molecule has 1 aromatic carbocycles. The number of hydrogen-bond acceptors (Lipinski definition) is 5. The smallest absolute Gasteiger partial charge is 0.260 e. The number of piperazine rings is 1. The summed E-state index contributed by atoms with van der Waals surface area (Å²) in [5.74, 6) is 0.258. The van der Waals surface area contributed by atoms with Crippen molar-refractivity contribution in [3.8, 4) is 5.75 Å². The van der Waals surface area contributed by atoms with Gasteiger partial charge in [0.05, 0.1) is 6.42 Å². The second-order valence-electron chi connectivity index (χ2n) is 6.63. The number of nitrogens with two attached hydrogens (primary N) is 1. The lowest BCUT2D eigenvalue weighted by Gasteiger charge is -2.34. The number of nitrogens with zero attached hydrogens (tertiary/aromatic N) is 2. The zero-order valence-electron chi connectivity index (χ0n) is 15.3. The van der Waals surface area contributed by atoms with Crippen LogP contribution in [0.25, 0.3) is 0 Å². The Kier molecular flexibility index (Phi) is 6.84. The van der Waals surface area contributed by atoms with Crippen LogP contribution in [0.2, 0.25) is 0 Å². The maximum atomic E-state index is 12.4. The lowest BCUT2D eigenvalue weighted by atomic mass is 10.1. The maximum absolute atomic E-state index is 12.4. The van der Waals surface area contributed by atoms with Crippen molar-refractivity contribution in [2.24, 2.45) is 5.73 Å². The van der Waals surface area contributed by atoms with Gasteiger partial charge in [-0.1, -0.05) is 18.2 Å². The van der Waals surface area contributed by atoms with Crippen LogP contribution in [0.4, 0.5) is 0 Å². The predicted molar refractivity (Wildman–Crippen MR) is 106 cm³/mol. The third-order valence-corrected chi connectivity index (χ3v) is 5.58.